The third kappa shape index (κ3) is 4.91. The number of para-hydroxylation sites is 1. The Bertz CT molecular complexity index is 1130. The first-order chi connectivity index (χ1) is 15.2. The van der Waals surface area contributed by atoms with Gasteiger partial charge in [-0.3, -0.25) is 9.89 Å². The maximum absolute atomic E-state index is 14.4. The number of phenolic OH excluding ortho intramolecular Hbond substituents is 1. The fraction of sp³-hybridized carbons (Fsp3) is 0.273. The zero-order chi connectivity index (χ0) is 22.9. The van der Waals surface area contributed by atoms with Crippen LogP contribution in [0.15, 0.2) is 48.5 Å². The van der Waals surface area contributed by atoms with E-state index in [-0.39, 0.29) is 11.4 Å². The molecular weight excluding hydrogens is 428 g/mol. The van der Waals surface area contributed by atoms with Gasteiger partial charge in [0.25, 0.3) is 5.91 Å². The maximum Gasteiger partial charge on any atom is 0.432 e. The SMILES string of the molecule is O=C(Nc1cc(C(NCC2CC2)c2ccccc2O)ccc1F)c1cc(C(F)(F)F)[nH]n1. The molecule has 1 fully saturated rings. The molecule has 1 aromatic heterocycles. The molecule has 0 spiro atoms. The predicted octanol–water partition coefficient (Wildman–Crippen LogP) is 4.61. The zero-order valence-electron chi connectivity index (χ0n) is 16.7. The first-order valence-electron chi connectivity index (χ1n) is 9.97. The summed E-state index contributed by atoms with van der Waals surface area (Å²) in [6.45, 7) is 0.700. The Kier molecular flexibility index (Phi) is 5.88. The highest BCUT2D eigenvalue weighted by molar-refractivity contribution is 6.03. The molecule has 1 aliphatic carbocycles. The predicted molar refractivity (Wildman–Crippen MR) is 109 cm³/mol. The number of phenols is 1. The van der Waals surface area contributed by atoms with E-state index in [0.717, 1.165) is 18.9 Å². The van der Waals surface area contributed by atoms with Crippen LogP contribution in [-0.2, 0) is 6.18 Å². The third-order valence-electron chi connectivity index (χ3n) is 5.24. The van der Waals surface area contributed by atoms with E-state index >= 15 is 0 Å². The van der Waals surface area contributed by atoms with Gasteiger partial charge >= 0.3 is 6.18 Å². The normalized spacial score (nSPS) is 14.9. The van der Waals surface area contributed by atoms with E-state index in [1.54, 1.807) is 29.4 Å². The highest BCUT2D eigenvalue weighted by atomic mass is 19.4. The number of alkyl halides is 3. The largest absolute Gasteiger partial charge is 0.508 e. The van der Waals surface area contributed by atoms with Crippen LogP contribution < -0.4 is 10.6 Å². The van der Waals surface area contributed by atoms with E-state index < -0.39 is 35.3 Å². The van der Waals surface area contributed by atoms with Crippen LogP contribution in [0.4, 0.5) is 23.2 Å². The van der Waals surface area contributed by atoms with Gasteiger partial charge in [-0.1, -0.05) is 24.3 Å². The van der Waals surface area contributed by atoms with Crippen molar-refractivity contribution in [3.8, 4) is 5.75 Å². The van der Waals surface area contributed by atoms with Crippen LogP contribution >= 0.6 is 0 Å². The minimum Gasteiger partial charge on any atom is -0.508 e. The van der Waals surface area contributed by atoms with Crippen molar-refractivity contribution in [1.82, 2.24) is 15.5 Å². The summed E-state index contributed by atoms with van der Waals surface area (Å²) in [5.41, 5.74) is -0.759. The van der Waals surface area contributed by atoms with Gasteiger partial charge in [-0.15, -0.1) is 0 Å². The van der Waals surface area contributed by atoms with Gasteiger partial charge in [0.2, 0.25) is 0 Å². The average Bonchev–Trinajstić information content (AvgIpc) is 3.42. The Morgan fingerprint density at radius 2 is 1.94 bits per heavy atom. The summed E-state index contributed by atoms with van der Waals surface area (Å²) in [7, 11) is 0. The lowest BCUT2D eigenvalue weighted by Gasteiger charge is -2.22. The molecule has 1 unspecified atom stereocenters. The van der Waals surface area contributed by atoms with Crippen molar-refractivity contribution in [2.24, 2.45) is 5.92 Å². The average molecular weight is 448 g/mol. The maximum atomic E-state index is 14.4. The van der Waals surface area contributed by atoms with Crippen LogP contribution in [0.5, 0.6) is 5.75 Å². The number of benzene rings is 2. The van der Waals surface area contributed by atoms with Gasteiger partial charge in [0.1, 0.15) is 17.3 Å². The molecule has 6 nitrogen and oxygen atoms in total. The first kappa shape index (κ1) is 21.8. The molecule has 168 valence electrons. The van der Waals surface area contributed by atoms with Gasteiger partial charge in [-0.25, -0.2) is 4.39 Å². The number of rotatable bonds is 7. The summed E-state index contributed by atoms with van der Waals surface area (Å²) in [5.74, 6) is -1.15. The minimum absolute atomic E-state index is 0.0620. The van der Waals surface area contributed by atoms with Crippen LogP contribution in [0.1, 0.15) is 46.2 Å². The van der Waals surface area contributed by atoms with Gasteiger partial charge in [0, 0.05) is 11.6 Å². The summed E-state index contributed by atoms with van der Waals surface area (Å²) >= 11 is 0. The number of anilines is 1. The van der Waals surface area contributed by atoms with Crippen molar-refractivity contribution in [1.29, 1.82) is 0 Å². The zero-order valence-corrected chi connectivity index (χ0v) is 16.7. The van der Waals surface area contributed by atoms with Gasteiger partial charge in [0.05, 0.1) is 11.7 Å². The van der Waals surface area contributed by atoms with Crippen LogP contribution in [-0.4, -0.2) is 27.8 Å². The summed E-state index contributed by atoms with van der Waals surface area (Å²) in [4.78, 5) is 12.4. The number of nitrogens with one attached hydrogen (secondary N) is 3. The summed E-state index contributed by atoms with van der Waals surface area (Å²) < 4.78 is 52.6. The second-order valence-corrected chi connectivity index (χ2v) is 7.70. The Balaban J connectivity index is 1.60. The number of nitrogens with zero attached hydrogens (tertiary/aromatic N) is 1. The smallest absolute Gasteiger partial charge is 0.432 e. The fourth-order valence-corrected chi connectivity index (χ4v) is 3.33. The number of aromatic hydroxyl groups is 1. The lowest BCUT2D eigenvalue weighted by atomic mass is 9.97. The van der Waals surface area contributed by atoms with Crippen LogP contribution in [0.25, 0.3) is 0 Å². The molecule has 1 saturated carbocycles. The second-order valence-electron chi connectivity index (χ2n) is 7.70. The van der Waals surface area contributed by atoms with Crippen molar-refractivity contribution in [3.63, 3.8) is 0 Å². The molecule has 1 heterocycles. The van der Waals surface area contributed by atoms with Crippen molar-refractivity contribution in [3.05, 3.63) is 76.9 Å². The minimum atomic E-state index is -4.69. The molecule has 1 aliphatic rings. The van der Waals surface area contributed by atoms with E-state index in [4.69, 9.17) is 0 Å². The summed E-state index contributed by atoms with van der Waals surface area (Å²) in [5, 5.41) is 21.1. The van der Waals surface area contributed by atoms with E-state index in [0.29, 0.717) is 29.7 Å². The second kappa shape index (κ2) is 8.62. The highest BCUT2D eigenvalue weighted by Crippen LogP contribution is 2.34. The van der Waals surface area contributed by atoms with Gasteiger partial charge in [0.15, 0.2) is 5.69 Å². The lowest BCUT2D eigenvalue weighted by molar-refractivity contribution is -0.141. The van der Waals surface area contributed by atoms with Crippen LogP contribution in [0.2, 0.25) is 0 Å². The molecule has 0 radical (unpaired) electrons. The molecule has 1 atom stereocenters. The van der Waals surface area contributed by atoms with E-state index in [1.807, 2.05) is 0 Å². The first-order valence-corrected chi connectivity index (χ1v) is 9.97. The van der Waals surface area contributed by atoms with Crippen molar-refractivity contribution >= 4 is 11.6 Å². The van der Waals surface area contributed by atoms with Gasteiger partial charge in [-0.05, 0) is 49.1 Å². The Morgan fingerprint density at radius 3 is 2.59 bits per heavy atom. The van der Waals surface area contributed by atoms with E-state index in [9.17, 15) is 27.5 Å². The Morgan fingerprint density at radius 1 is 1.19 bits per heavy atom. The number of H-pyrrole nitrogens is 1. The monoisotopic (exact) mass is 448 g/mol. The highest BCUT2D eigenvalue weighted by Gasteiger charge is 2.34. The molecular formula is C22H20F4N4O2. The van der Waals surface area contributed by atoms with Gasteiger partial charge < -0.3 is 15.7 Å². The molecule has 4 rings (SSSR count). The van der Waals surface area contributed by atoms with E-state index in [1.165, 1.54) is 12.1 Å². The Hall–Kier alpha value is -3.40. The number of aromatic nitrogens is 2. The molecule has 32 heavy (non-hydrogen) atoms. The molecule has 1 amide bonds. The molecule has 10 heteroatoms. The molecule has 3 aromatic rings. The topological polar surface area (TPSA) is 90.0 Å². The third-order valence-corrected chi connectivity index (χ3v) is 5.24. The van der Waals surface area contributed by atoms with Crippen molar-refractivity contribution < 1.29 is 27.5 Å². The van der Waals surface area contributed by atoms with Crippen molar-refractivity contribution in [2.45, 2.75) is 25.1 Å². The lowest BCUT2D eigenvalue weighted by Crippen LogP contribution is -2.25. The molecule has 0 saturated heterocycles. The number of hydrogen-bond donors (Lipinski definition) is 4. The number of amides is 1. The number of aromatic amines is 1. The quantitative estimate of drug-likeness (QED) is 0.397. The Labute approximate surface area is 180 Å². The fourth-order valence-electron chi connectivity index (χ4n) is 3.33. The number of carbonyl (C=O) groups is 1. The number of halogens is 4. The van der Waals surface area contributed by atoms with Crippen molar-refractivity contribution in [2.75, 3.05) is 11.9 Å². The molecule has 2 aromatic carbocycles. The summed E-state index contributed by atoms with van der Waals surface area (Å²) in [6, 6.07) is 10.9. The van der Waals surface area contributed by atoms with Gasteiger partial charge in [-0.2, -0.15) is 18.3 Å². The standard InChI is InChI=1S/C22H20F4N4O2/c23-15-8-7-13(20(27-11-12-5-6-12)14-3-1-2-4-18(14)31)9-16(15)28-21(32)17-10-19(30-29-17)22(24,25)26/h1-4,7-10,12,20,27,31H,5-6,11H2,(H,28,32)(H,29,30). The number of hydrogen-bond acceptors (Lipinski definition) is 4. The van der Waals surface area contributed by atoms with Crippen LogP contribution in [0.3, 0.4) is 0 Å². The van der Waals surface area contributed by atoms with E-state index in [2.05, 4.69) is 15.7 Å². The van der Waals surface area contributed by atoms with Crippen LogP contribution in [0, 0.1) is 11.7 Å². The molecule has 0 bridgehead atoms. The molecule has 0 aliphatic heterocycles. The summed E-state index contributed by atoms with van der Waals surface area (Å²) in [6.07, 6.45) is -2.47. The molecule has 4 N–H and O–H groups in total. The number of carbonyl (C=O) groups excluding carboxylic acids is 1.